The second kappa shape index (κ2) is 10.0. The van der Waals surface area contributed by atoms with Crippen LogP contribution in [-0.2, 0) is 0 Å². The smallest absolute Gasteiger partial charge is 0.402 e. The predicted octanol–water partition coefficient (Wildman–Crippen LogP) is 3.73. The molecule has 1 aliphatic heterocycles. The molecule has 0 spiro atoms. The van der Waals surface area contributed by atoms with Crippen molar-refractivity contribution in [3.05, 3.63) is 82.8 Å². The highest BCUT2D eigenvalue weighted by molar-refractivity contribution is 5.87. The van der Waals surface area contributed by atoms with Crippen molar-refractivity contribution >= 4 is 23.2 Å². The van der Waals surface area contributed by atoms with E-state index in [9.17, 15) is 14.7 Å². The van der Waals surface area contributed by atoms with Gasteiger partial charge >= 0.3 is 6.09 Å². The summed E-state index contributed by atoms with van der Waals surface area (Å²) in [7, 11) is 0. The molecule has 1 amide bonds. The molecule has 2 heterocycles. The Morgan fingerprint density at radius 2 is 1.88 bits per heavy atom. The number of carbonyl (C=O) groups is 1. The van der Waals surface area contributed by atoms with E-state index in [1.165, 1.54) is 6.20 Å². The molecule has 2 aromatic carbocycles. The molecule has 1 atom stereocenters. The Bertz CT molecular complexity index is 1110. The summed E-state index contributed by atoms with van der Waals surface area (Å²) in [6, 6.07) is 18.3. The van der Waals surface area contributed by atoms with E-state index in [0.717, 1.165) is 37.2 Å². The highest BCUT2D eigenvalue weighted by Crippen LogP contribution is 2.24. The number of H-pyrrole nitrogens is 1. The summed E-state index contributed by atoms with van der Waals surface area (Å²) >= 11 is 0. The molecule has 0 radical (unpaired) electrons. The normalized spacial score (nSPS) is 14.1. The van der Waals surface area contributed by atoms with Crippen molar-refractivity contribution in [2.75, 3.05) is 35.2 Å². The molecule has 32 heavy (non-hydrogen) atoms. The first-order chi connectivity index (χ1) is 15.6. The van der Waals surface area contributed by atoms with E-state index in [0.29, 0.717) is 11.4 Å². The monoisotopic (exact) mass is 434 g/mol. The summed E-state index contributed by atoms with van der Waals surface area (Å²) in [6.07, 6.45) is 2.21. The molecule has 1 aromatic heterocycles. The molecule has 4 N–H and O–H groups in total. The van der Waals surface area contributed by atoms with Crippen molar-refractivity contribution in [2.24, 2.45) is 0 Å². The summed E-state index contributed by atoms with van der Waals surface area (Å²) in [5.74, 6) is -0.166. The second-order valence-electron chi connectivity index (χ2n) is 7.62. The molecule has 0 bridgehead atoms. The minimum atomic E-state index is -0.787. The van der Waals surface area contributed by atoms with E-state index in [1.54, 1.807) is 12.1 Å². The summed E-state index contributed by atoms with van der Waals surface area (Å²) < 4.78 is 5.33. The van der Waals surface area contributed by atoms with Crippen LogP contribution in [0, 0.1) is 0 Å². The van der Waals surface area contributed by atoms with Crippen molar-refractivity contribution < 1.29 is 14.6 Å². The quantitative estimate of drug-likeness (QED) is 0.451. The van der Waals surface area contributed by atoms with E-state index < -0.39 is 17.8 Å². The Hall–Kier alpha value is -3.78. The van der Waals surface area contributed by atoms with Crippen LogP contribution in [0.3, 0.4) is 0 Å². The number of amides is 1. The van der Waals surface area contributed by atoms with Gasteiger partial charge in [-0.25, -0.2) is 4.79 Å². The van der Waals surface area contributed by atoms with Gasteiger partial charge in [-0.1, -0.05) is 36.4 Å². The molecule has 0 saturated carbocycles. The fourth-order valence-electron chi connectivity index (χ4n) is 3.70. The van der Waals surface area contributed by atoms with E-state index in [-0.39, 0.29) is 12.3 Å². The van der Waals surface area contributed by atoms with Gasteiger partial charge in [-0.2, -0.15) is 0 Å². The van der Waals surface area contributed by atoms with Crippen LogP contribution in [-0.4, -0.2) is 35.8 Å². The molecule has 1 saturated heterocycles. The van der Waals surface area contributed by atoms with Gasteiger partial charge in [-0.3, -0.25) is 10.1 Å². The lowest BCUT2D eigenvalue weighted by molar-refractivity contribution is 0.191. The third-order valence-electron chi connectivity index (χ3n) is 5.34. The standard InChI is InChI=1S/C24H26N4O4/c29-21(17-7-2-1-3-8-17)16-26-20-11-12-25-23(30)22(20)32-24(31)27-18-9-6-10-19(15-18)28-13-4-5-14-28/h1-3,6-12,15,21,29H,4-5,13-14,16H2,(H,27,31)(H2,25,26,30)/t21-/m1/s1. The number of aromatic nitrogens is 1. The lowest BCUT2D eigenvalue weighted by atomic mass is 10.1. The Labute approximate surface area is 185 Å². The molecule has 4 rings (SSSR count). The highest BCUT2D eigenvalue weighted by atomic mass is 16.6. The zero-order valence-electron chi connectivity index (χ0n) is 17.6. The summed E-state index contributed by atoms with van der Waals surface area (Å²) in [4.78, 5) is 29.6. The topological polar surface area (TPSA) is 107 Å². The Kier molecular flexibility index (Phi) is 6.72. The van der Waals surface area contributed by atoms with Gasteiger partial charge in [0.15, 0.2) is 0 Å². The molecule has 0 aliphatic carbocycles. The lowest BCUT2D eigenvalue weighted by Gasteiger charge is -2.18. The minimum absolute atomic E-state index is 0.142. The van der Waals surface area contributed by atoms with Gasteiger partial charge < -0.3 is 25.0 Å². The average molecular weight is 434 g/mol. The van der Waals surface area contributed by atoms with E-state index in [4.69, 9.17) is 4.74 Å². The molecule has 0 unspecified atom stereocenters. The summed E-state index contributed by atoms with van der Waals surface area (Å²) in [5.41, 5.74) is 2.12. The number of anilines is 3. The fourth-order valence-corrected chi connectivity index (χ4v) is 3.70. The number of carbonyl (C=O) groups excluding carboxylic acids is 1. The molecule has 3 aromatic rings. The Morgan fingerprint density at radius 3 is 2.66 bits per heavy atom. The van der Waals surface area contributed by atoms with Crippen LogP contribution in [0.4, 0.5) is 21.9 Å². The maximum absolute atomic E-state index is 12.5. The SMILES string of the molecule is O=C(Nc1cccc(N2CCCC2)c1)Oc1c(NC[C@@H](O)c2ccccc2)cc[nH]c1=O. The average Bonchev–Trinajstić information content (AvgIpc) is 3.35. The number of aromatic amines is 1. The van der Waals surface area contributed by atoms with Gasteiger partial charge in [0, 0.05) is 37.2 Å². The van der Waals surface area contributed by atoms with Gasteiger partial charge in [0.1, 0.15) is 0 Å². The minimum Gasteiger partial charge on any atom is -0.402 e. The molecule has 1 aliphatic rings. The molecule has 1 fully saturated rings. The van der Waals surface area contributed by atoms with Crippen LogP contribution in [0.1, 0.15) is 24.5 Å². The van der Waals surface area contributed by atoms with Crippen LogP contribution < -0.4 is 25.8 Å². The number of hydrogen-bond acceptors (Lipinski definition) is 6. The molecular weight excluding hydrogens is 408 g/mol. The first kappa shape index (κ1) is 21.5. The van der Waals surface area contributed by atoms with E-state index in [1.807, 2.05) is 48.5 Å². The molecule has 8 heteroatoms. The first-order valence-electron chi connectivity index (χ1n) is 10.6. The van der Waals surface area contributed by atoms with Crippen LogP contribution >= 0.6 is 0 Å². The van der Waals surface area contributed by atoms with Gasteiger partial charge in [-0.15, -0.1) is 0 Å². The summed E-state index contributed by atoms with van der Waals surface area (Å²) in [6.45, 7) is 2.14. The van der Waals surface area contributed by atoms with Crippen molar-refractivity contribution in [2.45, 2.75) is 18.9 Å². The Balaban J connectivity index is 1.42. The molecule has 166 valence electrons. The van der Waals surface area contributed by atoms with Crippen molar-refractivity contribution in [3.8, 4) is 5.75 Å². The van der Waals surface area contributed by atoms with E-state index in [2.05, 4.69) is 20.5 Å². The van der Waals surface area contributed by atoms with Crippen molar-refractivity contribution in [1.29, 1.82) is 0 Å². The Morgan fingerprint density at radius 1 is 1.09 bits per heavy atom. The first-order valence-corrected chi connectivity index (χ1v) is 10.6. The number of benzene rings is 2. The number of pyridine rings is 1. The van der Waals surface area contributed by atoms with Crippen molar-refractivity contribution in [1.82, 2.24) is 4.98 Å². The maximum Gasteiger partial charge on any atom is 0.417 e. The van der Waals surface area contributed by atoms with Gasteiger partial charge in [0.2, 0.25) is 5.75 Å². The number of aliphatic hydroxyl groups excluding tert-OH is 1. The van der Waals surface area contributed by atoms with Crippen LogP contribution in [0.2, 0.25) is 0 Å². The van der Waals surface area contributed by atoms with Crippen LogP contribution in [0.5, 0.6) is 5.75 Å². The third kappa shape index (κ3) is 5.28. The number of nitrogens with one attached hydrogen (secondary N) is 3. The maximum atomic E-state index is 12.5. The molecule has 8 nitrogen and oxygen atoms in total. The van der Waals surface area contributed by atoms with Crippen molar-refractivity contribution in [3.63, 3.8) is 0 Å². The number of rotatable bonds is 7. The number of ether oxygens (including phenoxy) is 1. The van der Waals surface area contributed by atoms with Gasteiger partial charge in [0.05, 0.1) is 11.8 Å². The van der Waals surface area contributed by atoms with Crippen LogP contribution in [0.25, 0.3) is 0 Å². The summed E-state index contributed by atoms with van der Waals surface area (Å²) in [5, 5.41) is 16.0. The zero-order valence-corrected chi connectivity index (χ0v) is 17.6. The number of nitrogens with zero attached hydrogens (tertiary/aromatic N) is 1. The number of hydrogen-bond donors (Lipinski definition) is 4. The van der Waals surface area contributed by atoms with Gasteiger partial charge in [0.25, 0.3) is 5.56 Å². The predicted molar refractivity (Wildman–Crippen MR) is 124 cm³/mol. The van der Waals surface area contributed by atoms with E-state index >= 15 is 0 Å². The molecular formula is C24H26N4O4. The third-order valence-corrected chi connectivity index (χ3v) is 5.34. The fraction of sp³-hybridized carbons (Fsp3) is 0.250. The largest absolute Gasteiger partial charge is 0.417 e. The van der Waals surface area contributed by atoms with Gasteiger partial charge in [-0.05, 0) is 42.7 Å². The lowest BCUT2D eigenvalue weighted by Crippen LogP contribution is -2.23. The number of aliphatic hydroxyl groups is 1. The highest BCUT2D eigenvalue weighted by Gasteiger charge is 2.17. The van der Waals surface area contributed by atoms with Crippen LogP contribution in [0.15, 0.2) is 71.7 Å². The zero-order chi connectivity index (χ0) is 22.3. The second-order valence-corrected chi connectivity index (χ2v) is 7.62.